The molecule has 0 radical (unpaired) electrons. The van der Waals surface area contributed by atoms with Gasteiger partial charge >= 0.3 is 0 Å². The quantitative estimate of drug-likeness (QED) is 0.888. The SMILES string of the molecule is Cc1occc1C(=O)Nc1ccc(F)c(Cl)c1. The van der Waals surface area contributed by atoms with E-state index in [1.54, 1.807) is 13.0 Å². The van der Waals surface area contributed by atoms with Crippen molar-refractivity contribution in [2.75, 3.05) is 5.32 Å². The number of benzene rings is 1. The lowest BCUT2D eigenvalue weighted by Crippen LogP contribution is -2.12. The standard InChI is InChI=1S/C12H9ClFNO2/c1-7-9(4-5-17-7)12(16)15-8-2-3-11(14)10(13)6-8/h2-6H,1H3,(H,15,16). The first-order valence-corrected chi connectivity index (χ1v) is 5.26. The number of halogens is 2. The third-order valence-corrected chi connectivity index (χ3v) is 2.57. The predicted molar refractivity (Wildman–Crippen MR) is 62.8 cm³/mol. The Morgan fingerprint density at radius 3 is 2.76 bits per heavy atom. The van der Waals surface area contributed by atoms with Gasteiger partial charge in [-0.05, 0) is 31.2 Å². The van der Waals surface area contributed by atoms with Gasteiger partial charge in [-0.25, -0.2) is 4.39 Å². The second-order valence-corrected chi connectivity index (χ2v) is 3.88. The van der Waals surface area contributed by atoms with Crippen LogP contribution in [0.3, 0.4) is 0 Å². The normalized spacial score (nSPS) is 10.3. The molecule has 1 N–H and O–H groups in total. The summed E-state index contributed by atoms with van der Waals surface area (Å²) in [6, 6.07) is 5.55. The first kappa shape index (κ1) is 11.7. The number of amides is 1. The minimum Gasteiger partial charge on any atom is -0.469 e. The zero-order valence-corrected chi connectivity index (χ0v) is 9.72. The summed E-state index contributed by atoms with van der Waals surface area (Å²) in [5, 5.41) is 2.57. The molecule has 2 aromatic rings. The molecule has 1 heterocycles. The molecule has 0 aliphatic heterocycles. The molecule has 88 valence electrons. The van der Waals surface area contributed by atoms with Crippen molar-refractivity contribution in [1.82, 2.24) is 0 Å². The highest BCUT2D eigenvalue weighted by Gasteiger charge is 2.12. The highest BCUT2D eigenvalue weighted by molar-refractivity contribution is 6.31. The Hall–Kier alpha value is -1.81. The minimum absolute atomic E-state index is 0.0354. The van der Waals surface area contributed by atoms with Crippen LogP contribution in [0, 0.1) is 12.7 Å². The van der Waals surface area contributed by atoms with Crippen molar-refractivity contribution in [2.45, 2.75) is 6.92 Å². The van der Waals surface area contributed by atoms with E-state index < -0.39 is 5.82 Å². The maximum Gasteiger partial charge on any atom is 0.259 e. The van der Waals surface area contributed by atoms with E-state index in [1.807, 2.05) is 0 Å². The smallest absolute Gasteiger partial charge is 0.259 e. The van der Waals surface area contributed by atoms with Gasteiger partial charge in [0.1, 0.15) is 11.6 Å². The summed E-state index contributed by atoms with van der Waals surface area (Å²) >= 11 is 5.61. The number of anilines is 1. The molecule has 0 bridgehead atoms. The monoisotopic (exact) mass is 253 g/mol. The molecule has 0 aliphatic rings. The zero-order valence-electron chi connectivity index (χ0n) is 8.96. The van der Waals surface area contributed by atoms with E-state index in [9.17, 15) is 9.18 Å². The Labute approximate surface area is 102 Å². The van der Waals surface area contributed by atoms with Gasteiger partial charge in [-0.15, -0.1) is 0 Å². The average molecular weight is 254 g/mol. The Bertz CT molecular complexity index is 565. The molecular formula is C12H9ClFNO2. The first-order chi connectivity index (χ1) is 8.08. The largest absolute Gasteiger partial charge is 0.469 e. The van der Waals surface area contributed by atoms with E-state index in [0.29, 0.717) is 17.0 Å². The molecule has 1 aromatic heterocycles. The summed E-state index contributed by atoms with van der Waals surface area (Å²) in [6.45, 7) is 1.69. The molecule has 0 saturated heterocycles. The fraction of sp³-hybridized carbons (Fsp3) is 0.0833. The van der Waals surface area contributed by atoms with Crippen molar-refractivity contribution in [3.8, 4) is 0 Å². The van der Waals surface area contributed by atoms with Crippen LogP contribution in [-0.4, -0.2) is 5.91 Å². The van der Waals surface area contributed by atoms with Crippen molar-refractivity contribution in [1.29, 1.82) is 0 Å². The summed E-state index contributed by atoms with van der Waals surface area (Å²) < 4.78 is 17.9. The van der Waals surface area contributed by atoms with Crippen molar-refractivity contribution in [2.24, 2.45) is 0 Å². The van der Waals surface area contributed by atoms with E-state index >= 15 is 0 Å². The number of aryl methyl sites for hydroxylation is 1. The second kappa shape index (κ2) is 4.59. The van der Waals surface area contributed by atoms with Crippen LogP contribution >= 0.6 is 11.6 Å². The molecule has 0 spiro atoms. The first-order valence-electron chi connectivity index (χ1n) is 4.88. The van der Waals surface area contributed by atoms with Gasteiger partial charge in [0.15, 0.2) is 0 Å². The molecular weight excluding hydrogens is 245 g/mol. The Morgan fingerprint density at radius 1 is 1.41 bits per heavy atom. The number of carbonyl (C=O) groups is 1. The van der Waals surface area contributed by atoms with E-state index in [2.05, 4.69) is 5.32 Å². The van der Waals surface area contributed by atoms with Crippen LogP contribution < -0.4 is 5.32 Å². The molecule has 0 saturated carbocycles. The predicted octanol–water partition coefficient (Wildman–Crippen LogP) is 3.63. The fourth-order valence-electron chi connectivity index (χ4n) is 1.39. The number of rotatable bonds is 2. The molecule has 2 rings (SSSR count). The second-order valence-electron chi connectivity index (χ2n) is 3.47. The van der Waals surface area contributed by atoms with E-state index in [-0.39, 0.29) is 10.9 Å². The third kappa shape index (κ3) is 2.47. The van der Waals surface area contributed by atoms with Crippen molar-refractivity contribution in [3.63, 3.8) is 0 Å². The molecule has 3 nitrogen and oxygen atoms in total. The molecule has 0 fully saturated rings. The van der Waals surface area contributed by atoms with Gasteiger partial charge in [0.05, 0.1) is 16.8 Å². The van der Waals surface area contributed by atoms with Crippen molar-refractivity contribution < 1.29 is 13.6 Å². The summed E-state index contributed by atoms with van der Waals surface area (Å²) in [5.74, 6) is -0.321. The maximum atomic E-state index is 12.9. The fourth-order valence-corrected chi connectivity index (χ4v) is 1.57. The molecule has 1 aromatic carbocycles. The van der Waals surface area contributed by atoms with Gasteiger partial charge in [0.25, 0.3) is 5.91 Å². The van der Waals surface area contributed by atoms with Crippen molar-refractivity contribution >= 4 is 23.2 Å². The average Bonchev–Trinajstić information content (AvgIpc) is 2.70. The van der Waals surface area contributed by atoms with Crippen LogP contribution in [0.4, 0.5) is 10.1 Å². The molecule has 0 unspecified atom stereocenters. The number of carbonyl (C=O) groups excluding carboxylic acids is 1. The number of nitrogens with one attached hydrogen (secondary N) is 1. The number of hydrogen-bond donors (Lipinski definition) is 1. The van der Waals surface area contributed by atoms with Crippen molar-refractivity contribution in [3.05, 3.63) is 52.7 Å². The third-order valence-electron chi connectivity index (χ3n) is 2.28. The summed E-state index contributed by atoms with van der Waals surface area (Å²) in [6.07, 6.45) is 1.43. The lowest BCUT2D eigenvalue weighted by Gasteiger charge is -2.05. The number of furan rings is 1. The Balaban J connectivity index is 2.19. The topological polar surface area (TPSA) is 42.2 Å². The lowest BCUT2D eigenvalue weighted by molar-refractivity contribution is 0.102. The molecule has 0 atom stereocenters. The van der Waals surface area contributed by atoms with Gasteiger partial charge in [0.2, 0.25) is 0 Å². The minimum atomic E-state index is -0.524. The summed E-state index contributed by atoms with van der Waals surface area (Å²) in [7, 11) is 0. The van der Waals surface area contributed by atoms with E-state index in [1.165, 1.54) is 24.5 Å². The van der Waals surface area contributed by atoms with Crippen LogP contribution in [0.1, 0.15) is 16.1 Å². The Morgan fingerprint density at radius 2 is 2.18 bits per heavy atom. The van der Waals surface area contributed by atoms with E-state index in [0.717, 1.165) is 0 Å². The lowest BCUT2D eigenvalue weighted by atomic mass is 10.2. The number of hydrogen-bond acceptors (Lipinski definition) is 2. The highest BCUT2D eigenvalue weighted by Crippen LogP contribution is 2.20. The van der Waals surface area contributed by atoms with Gasteiger partial charge < -0.3 is 9.73 Å². The Kier molecular flexibility index (Phi) is 3.15. The molecule has 1 amide bonds. The van der Waals surface area contributed by atoms with Crippen LogP contribution in [-0.2, 0) is 0 Å². The summed E-state index contributed by atoms with van der Waals surface area (Å²) in [4.78, 5) is 11.8. The highest BCUT2D eigenvalue weighted by atomic mass is 35.5. The van der Waals surface area contributed by atoms with Gasteiger partial charge in [-0.1, -0.05) is 11.6 Å². The zero-order chi connectivity index (χ0) is 12.4. The van der Waals surface area contributed by atoms with Crippen LogP contribution in [0.2, 0.25) is 5.02 Å². The maximum absolute atomic E-state index is 12.9. The van der Waals surface area contributed by atoms with Crippen LogP contribution in [0.5, 0.6) is 0 Å². The van der Waals surface area contributed by atoms with Crippen LogP contribution in [0.25, 0.3) is 0 Å². The van der Waals surface area contributed by atoms with Gasteiger partial charge in [-0.2, -0.15) is 0 Å². The molecule has 5 heteroatoms. The van der Waals surface area contributed by atoms with Crippen LogP contribution in [0.15, 0.2) is 34.9 Å². The van der Waals surface area contributed by atoms with Gasteiger partial charge in [-0.3, -0.25) is 4.79 Å². The summed E-state index contributed by atoms with van der Waals surface area (Å²) in [5.41, 5.74) is 0.868. The van der Waals surface area contributed by atoms with E-state index in [4.69, 9.17) is 16.0 Å². The molecule has 0 aliphatic carbocycles. The molecule has 17 heavy (non-hydrogen) atoms. The van der Waals surface area contributed by atoms with Gasteiger partial charge in [0, 0.05) is 5.69 Å².